The van der Waals surface area contributed by atoms with Gasteiger partial charge in [0.1, 0.15) is 17.9 Å². The predicted molar refractivity (Wildman–Crippen MR) is 111 cm³/mol. The Bertz CT molecular complexity index is 1080. The number of hydrogen-bond donors (Lipinski definition) is 2. The molecule has 3 aromatic rings. The smallest absolute Gasteiger partial charge is 0.336 e. The number of phenolic OH excluding ortho intramolecular Hbond substituents is 1. The van der Waals surface area contributed by atoms with Crippen LogP contribution in [0.2, 0.25) is 0 Å². The molecule has 0 radical (unpaired) electrons. The van der Waals surface area contributed by atoms with E-state index in [2.05, 4.69) is 36.9 Å². The summed E-state index contributed by atoms with van der Waals surface area (Å²) in [4.78, 5) is 16.0. The zero-order chi connectivity index (χ0) is 19.8. The van der Waals surface area contributed by atoms with Crippen molar-refractivity contribution in [1.29, 1.82) is 0 Å². The van der Waals surface area contributed by atoms with Crippen molar-refractivity contribution in [2.24, 2.45) is 0 Å². The van der Waals surface area contributed by atoms with Crippen LogP contribution in [0.4, 0.5) is 5.69 Å². The first-order valence-electron chi connectivity index (χ1n) is 9.84. The highest BCUT2D eigenvalue weighted by atomic mass is 16.4. The van der Waals surface area contributed by atoms with E-state index in [0.29, 0.717) is 11.1 Å². The monoisotopic (exact) mass is 379 g/mol. The van der Waals surface area contributed by atoms with Gasteiger partial charge in [0.2, 0.25) is 0 Å². The van der Waals surface area contributed by atoms with Crippen LogP contribution in [0.1, 0.15) is 22.3 Å². The van der Waals surface area contributed by atoms with Crippen LogP contribution in [0.25, 0.3) is 11.0 Å². The molecule has 0 atom stereocenters. The first-order valence-corrected chi connectivity index (χ1v) is 9.84. The fourth-order valence-corrected chi connectivity index (χ4v) is 4.15. The first-order chi connectivity index (χ1) is 13.4. The lowest BCUT2D eigenvalue weighted by Crippen LogP contribution is -3.13. The number of anilines is 1. The molecule has 0 amide bonds. The van der Waals surface area contributed by atoms with Crippen LogP contribution in [0.5, 0.6) is 5.75 Å². The normalized spacial score (nSPS) is 15.3. The van der Waals surface area contributed by atoms with E-state index >= 15 is 0 Å². The third-order valence-electron chi connectivity index (χ3n) is 6.05. The van der Waals surface area contributed by atoms with Crippen LogP contribution in [-0.2, 0) is 6.54 Å². The van der Waals surface area contributed by atoms with Crippen molar-refractivity contribution >= 4 is 16.7 Å². The van der Waals surface area contributed by atoms with Gasteiger partial charge in [-0.25, -0.2) is 4.79 Å². The molecule has 1 aromatic heterocycles. The summed E-state index contributed by atoms with van der Waals surface area (Å²) in [6.07, 6.45) is 0. The Morgan fingerprint density at radius 1 is 1.07 bits per heavy atom. The van der Waals surface area contributed by atoms with Crippen molar-refractivity contribution in [3.63, 3.8) is 0 Å². The molecule has 2 N–H and O–H groups in total. The molecule has 0 bridgehead atoms. The second-order valence-electron chi connectivity index (χ2n) is 7.81. The minimum absolute atomic E-state index is 0.155. The number of rotatable bonds is 3. The minimum atomic E-state index is -0.357. The van der Waals surface area contributed by atoms with Gasteiger partial charge in [0, 0.05) is 28.3 Å². The van der Waals surface area contributed by atoms with Gasteiger partial charge in [-0.1, -0.05) is 12.1 Å². The molecular formula is C23H27N2O3+. The summed E-state index contributed by atoms with van der Waals surface area (Å²) < 4.78 is 5.37. The molecule has 0 spiro atoms. The summed E-state index contributed by atoms with van der Waals surface area (Å²) >= 11 is 0. The Morgan fingerprint density at radius 2 is 1.82 bits per heavy atom. The van der Waals surface area contributed by atoms with E-state index in [0.717, 1.165) is 43.7 Å². The summed E-state index contributed by atoms with van der Waals surface area (Å²) in [6.45, 7) is 11.0. The molecule has 2 heterocycles. The fraction of sp³-hybridized carbons (Fsp3) is 0.348. The van der Waals surface area contributed by atoms with Gasteiger partial charge in [0.05, 0.1) is 26.2 Å². The summed E-state index contributed by atoms with van der Waals surface area (Å²) in [5.41, 5.74) is 5.76. The van der Waals surface area contributed by atoms with E-state index in [1.807, 2.05) is 6.07 Å². The lowest BCUT2D eigenvalue weighted by Gasteiger charge is -2.34. The highest BCUT2D eigenvalue weighted by Gasteiger charge is 2.23. The van der Waals surface area contributed by atoms with Crippen molar-refractivity contribution < 1.29 is 14.4 Å². The molecule has 28 heavy (non-hydrogen) atoms. The topological polar surface area (TPSA) is 58.1 Å². The second-order valence-corrected chi connectivity index (χ2v) is 7.81. The molecule has 1 fully saturated rings. The highest BCUT2D eigenvalue weighted by Crippen LogP contribution is 2.27. The van der Waals surface area contributed by atoms with Gasteiger partial charge in [-0.05, 0) is 50.1 Å². The second kappa shape index (κ2) is 7.32. The van der Waals surface area contributed by atoms with E-state index in [1.54, 1.807) is 19.1 Å². The maximum absolute atomic E-state index is 12.1. The molecule has 1 aliphatic heterocycles. The molecule has 5 heteroatoms. The Kier molecular flexibility index (Phi) is 4.85. The standard InChI is InChI=1S/C23H26N2O3/c1-15-5-4-6-20(16(15)2)25-11-9-24(10-12-25)14-18-13-22(27)28-23-17(3)21(26)8-7-19(18)23/h4-8,13,26H,9-12,14H2,1-3H3/p+1. The van der Waals surface area contributed by atoms with Crippen LogP contribution in [0.15, 0.2) is 45.6 Å². The molecule has 4 rings (SSSR count). The average molecular weight is 379 g/mol. The number of piperazine rings is 1. The van der Waals surface area contributed by atoms with Crippen LogP contribution < -0.4 is 15.4 Å². The Hall–Kier alpha value is -2.79. The average Bonchev–Trinajstić information content (AvgIpc) is 2.68. The van der Waals surface area contributed by atoms with E-state index in [4.69, 9.17) is 4.42 Å². The summed E-state index contributed by atoms with van der Waals surface area (Å²) in [7, 11) is 0. The number of quaternary nitrogens is 1. The minimum Gasteiger partial charge on any atom is -0.508 e. The Labute approximate surface area is 164 Å². The zero-order valence-electron chi connectivity index (χ0n) is 16.7. The van der Waals surface area contributed by atoms with E-state index in [-0.39, 0.29) is 11.4 Å². The van der Waals surface area contributed by atoms with Crippen LogP contribution in [0, 0.1) is 20.8 Å². The first kappa shape index (κ1) is 18.6. The summed E-state index contributed by atoms with van der Waals surface area (Å²) in [5.74, 6) is 0.155. The van der Waals surface area contributed by atoms with Gasteiger partial charge >= 0.3 is 5.63 Å². The molecule has 1 aliphatic rings. The quantitative estimate of drug-likeness (QED) is 0.686. The van der Waals surface area contributed by atoms with E-state index < -0.39 is 0 Å². The Morgan fingerprint density at radius 3 is 2.57 bits per heavy atom. The van der Waals surface area contributed by atoms with E-state index in [1.165, 1.54) is 21.7 Å². The number of aromatic hydroxyl groups is 1. The molecule has 1 saturated heterocycles. The number of hydrogen-bond acceptors (Lipinski definition) is 4. The molecule has 0 saturated carbocycles. The molecular weight excluding hydrogens is 352 g/mol. The highest BCUT2D eigenvalue weighted by molar-refractivity contribution is 5.84. The number of nitrogens with one attached hydrogen (secondary N) is 1. The number of aryl methyl sites for hydroxylation is 2. The van der Waals surface area contributed by atoms with Gasteiger partial charge in [-0.2, -0.15) is 0 Å². The number of phenols is 1. The lowest BCUT2D eigenvalue weighted by molar-refractivity contribution is -0.914. The van der Waals surface area contributed by atoms with Crippen molar-refractivity contribution in [2.45, 2.75) is 27.3 Å². The van der Waals surface area contributed by atoms with Crippen LogP contribution in [0.3, 0.4) is 0 Å². The van der Waals surface area contributed by atoms with Crippen LogP contribution in [-0.4, -0.2) is 31.3 Å². The number of benzene rings is 2. The van der Waals surface area contributed by atoms with Crippen molar-refractivity contribution in [1.82, 2.24) is 0 Å². The van der Waals surface area contributed by atoms with Crippen molar-refractivity contribution in [2.75, 3.05) is 31.1 Å². The van der Waals surface area contributed by atoms with Gasteiger partial charge in [0.25, 0.3) is 0 Å². The summed E-state index contributed by atoms with van der Waals surface area (Å²) in [5, 5.41) is 10.8. The zero-order valence-corrected chi connectivity index (χ0v) is 16.7. The third-order valence-corrected chi connectivity index (χ3v) is 6.05. The maximum Gasteiger partial charge on any atom is 0.336 e. The molecule has 5 nitrogen and oxygen atoms in total. The maximum atomic E-state index is 12.1. The van der Waals surface area contributed by atoms with Gasteiger partial charge in [-0.3, -0.25) is 0 Å². The number of fused-ring (bicyclic) bond motifs is 1. The van der Waals surface area contributed by atoms with Gasteiger partial charge in [-0.15, -0.1) is 0 Å². The van der Waals surface area contributed by atoms with Gasteiger partial charge in [0.15, 0.2) is 0 Å². The SMILES string of the molecule is Cc1cccc(N2CC[NH+](Cc3cc(=O)oc4c(C)c(O)ccc34)CC2)c1C. The van der Waals surface area contributed by atoms with Crippen LogP contribution >= 0.6 is 0 Å². The molecule has 146 valence electrons. The fourth-order valence-electron chi connectivity index (χ4n) is 4.15. The van der Waals surface area contributed by atoms with Gasteiger partial charge < -0.3 is 19.3 Å². The molecule has 0 unspecified atom stereocenters. The molecule has 0 aliphatic carbocycles. The van der Waals surface area contributed by atoms with Crippen molar-refractivity contribution in [3.8, 4) is 5.75 Å². The molecule has 2 aromatic carbocycles. The third kappa shape index (κ3) is 3.38. The van der Waals surface area contributed by atoms with Crippen molar-refractivity contribution in [3.05, 3.63) is 69.1 Å². The number of nitrogens with zero attached hydrogens (tertiary/aromatic N) is 1. The van der Waals surface area contributed by atoms with E-state index in [9.17, 15) is 9.90 Å². The predicted octanol–water partition coefficient (Wildman–Crippen LogP) is 2.33. The summed E-state index contributed by atoms with van der Waals surface area (Å²) in [6, 6.07) is 11.6. The largest absolute Gasteiger partial charge is 0.508 e. The lowest BCUT2D eigenvalue weighted by atomic mass is 10.0. The Balaban J connectivity index is 1.53.